The minimum absolute atomic E-state index is 0.0235. The van der Waals surface area contributed by atoms with Crippen LogP contribution in [0.15, 0.2) is 18.2 Å². The second-order valence-electron chi connectivity index (χ2n) is 4.23. The summed E-state index contributed by atoms with van der Waals surface area (Å²) >= 11 is 0. The van der Waals surface area contributed by atoms with Crippen molar-refractivity contribution >= 4 is 17.0 Å². The predicted molar refractivity (Wildman–Crippen MR) is 64.9 cm³/mol. The van der Waals surface area contributed by atoms with Crippen LogP contribution in [0.25, 0.3) is 11.0 Å². The molecule has 0 aliphatic carbocycles. The van der Waals surface area contributed by atoms with Crippen molar-refractivity contribution in [2.75, 3.05) is 0 Å². The Morgan fingerprint density at radius 1 is 1.40 bits per heavy atom. The SMILES string of the molecule is NCc1nc2cc(C(F)(F)F)ccc2n1CCC(=O)O. The molecular formula is C12H12F3N3O2. The van der Waals surface area contributed by atoms with E-state index in [1.807, 2.05) is 0 Å². The molecule has 108 valence electrons. The molecule has 2 aromatic rings. The standard InChI is InChI=1S/C12H12F3N3O2/c13-12(14,15)7-1-2-9-8(5-7)17-10(6-16)18(9)4-3-11(19)20/h1-2,5H,3-4,6,16H2,(H,19,20). The highest BCUT2D eigenvalue weighted by Gasteiger charge is 2.31. The van der Waals surface area contributed by atoms with Gasteiger partial charge in [-0.1, -0.05) is 0 Å². The summed E-state index contributed by atoms with van der Waals surface area (Å²) in [7, 11) is 0. The number of aliphatic carboxylic acids is 1. The first kappa shape index (κ1) is 14.3. The number of rotatable bonds is 4. The first-order valence-corrected chi connectivity index (χ1v) is 5.81. The highest BCUT2D eigenvalue weighted by molar-refractivity contribution is 5.77. The van der Waals surface area contributed by atoms with Gasteiger partial charge < -0.3 is 15.4 Å². The molecule has 0 fully saturated rings. The molecule has 0 saturated carbocycles. The second kappa shape index (κ2) is 5.12. The van der Waals surface area contributed by atoms with Gasteiger partial charge in [0.1, 0.15) is 5.82 Å². The van der Waals surface area contributed by atoms with Crippen molar-refractivity contribution in [3.8, 4) is 0 Å². The van der Waals surface area contributed by atoms with Gasteiger partial charge in [0.05, 0.1) is 29.6 Å². The Balaban J connectivity index is 2.49. The average Bonchev–Trinajstić information content (AvgIpc) is 2.71. The highest BCUT2D eigenvalue weighted by atomic mass is 19.4. The zero-order chi connectivity index (χ0) is 14.9. The quantitative estimate of drug-likeness (QED) is 0.901. The van der Waals surface area contributed by atoms with Crippen molar-refractivity contribution in [1.29, 1.82) is 0 Å². The molecule has 0 radical (unpaired) electrons. The predicted octanol–water partition coefficient (Wildman–Crippen LogP) is 1.99. The first-order valence-electron chi connectivity index (χ1n) is 5.81. The van der Waals surface area contributed by atoms with E-state index in [-0.39, 0.29) is 25.0 Å². The number of carboxylic acids is 1. The normalized spacial score (nSPS) is 12.0. The zero-order valence-corrected chi connectivity index (χ0v) is 10.3. The van der Waals surface area contributed by atoms with Crippen molar-refractivity contribution in [2.24, 2.45) is 5.73 Å². The molecule has 0 atom stereocenters. The van der Waals surface area contributed by atoms with E-state index in [2.05, 4.69) is 4.98 Å². The number of hydrogen-bond donors (Lipinski definition) is 2. The number of alkyl halides is 3. The number of benzene rings is 1. The molecular weight excluding hydrogens is 275 g/mol. The third-order valence-electron chi connectivity index (χ3n) is 2.89. The van der Waals surface area contributed by atoms with E-state index >= 15 is 0 Å². The lowest BCUT2D eigenvalue weighted by Gasteiger charge is -2.08. The number of fused-ring (bicyclic) bond motifs is 1. The average molecular weight is 287 g/mol. The maximum atomic E-state index is 12.6. The molecule has 5 nitrogen and oxygen atoms in total. The van der Waals surface area contributed by atoms with Crippen LogP contribution in [0, 0.1) is 0 Å². The third kappa shape index (κ3) is 2.74. The van der Waals surface area contributed by atoms with Gasteiger partial charge in [0.15, 0.2) is 0 Å². The van der Waals surface area contributed by atoms with Gasteiger partial charge in [-0.25, -0.2) is 4.98 Å². The van der Waals surface area contributed by atoms with Crippen LogP contribution in [0.4, 0.5) is 13.2 Å². The summed E-state index contributed by atoms with van der Waals surface area (Å²) < 4.78 is 39.4. The van der Waals surface area contributed by atoms with Crippen LogP contribution in [0.3, 0.4) is 0 Å². The minimum atomic E-state index is -4.44. The Labute approximate surface area is 111 Å². The van der Waals surface area contributed by atoms with Crippen LogP contribution >= 0.6 is 0 Å². The van der Waals surface area contributed by atoms with Crippen molar-refractivity contribution < 1.29 is 23.1 Å². The fourth-order valence-electron chi connectivity index (χ4n) is 1.97. The molecule has 0 bridgehead atoms. The van der Waals surface area contributed by atoms with Crippen LogP contribution in [-0.4, -0.2) is 20.6 Å². The fraction of sp³-hybridized carbons (Fsp3) is 0.333. The Bertz CT molecular complexity index is 649. The van der Waals surface area contributed by atoms with Gasteiger partial charge in [0, 0.05) is 6.54 Å². The number of carboxylic acid groups (broad SMARTS) is 1. The molecule has 2 rings (SSSR count). The topological polar surface area (TPSA) is 81.1 Å². The van der Waals surface area contributed by atoms with Crippen molar-refractivity contribution in [3.63, 3.8) is 0 Å². The minimum Gasteiger partial charge on any atom is -0.481 e. The van der Waals surface area contributed by atoms with Gasteiger partial charge in [0.25, 0.3) is 0 Å². The van der Waals surface area contributed by atoms with Gasteiger partial charge in [-0.15, -0.1) is 0 Å². The molecule has 1 aromatic heterocycles. The molecule has 1 heterocycles. The smallest absolute Gasteiger partial charge is 0.416 e. The van der Waals surface area contributed by atoms with Crippen molar-refractivity contribution in [1.82, 2.24) is 9.55 Å². The number of halogens is 3. The maximum Gasteiger partial charge on any atom is 0.416 e. The van der Waals surface area contributed by atoms with E-state index in [0.29, 0.717) is 11.3 Å². The number of nitrogens with zero attached hydrogens (tertiary/aromatic N) is 2. The van der Waals surface area contributed by atoms with Crippen LogP contribution in [0.1, 0.15) is 17.8 Å². The fourth-order valence-corrected chi connectivity index (χ4v) is 1.97. The van der Waals surface area contributed by atoms with Gasteiger partial charge in [-0.3, -0.25) is 4.79 Å². The summed E-state index contributed by atoms with van der Waals surface area (Å²) in [6, 6.07) is 3.17. The number of imidazole rings is 1. The summed E-state index contributed by atoms with van der Waals surface area (Å²) in [5.41, 5.74) is 5.30. The zero-order valence-electron chi connectivity index (χ0n) is 10.3. The first-order chi connectivity index (χ1) is 9.32. The molecule has 8 heteroatoms. The molecule has 0 amide bonds. The summed E-state index contributed by atoms with van der Waals surface area (Å²) in [5, 5.41) is 8.69. The van der Waals surface area contributed by atoms with Crippen LogP contribution in [0.2, 0.25) is 0 Å². The Morgan fingerprint density at radius 3 is 2.65 bits per heavy atom. The monoisotopic (exact) mass is 287 g/mol. The number of hydrogen-bond acceptors (Lipinski definition) is 3. The molecule has 20 heavy (non-hydrogen) atoms. The molecule has 0 aliphatic heterocycles. The summed E-state index contributed by atoms with van der Waals surface area (Å²) in [6.45, 7) is 0.138. The Morgan fingerprint density at radius 2 is 2.10 bits per heavy atom. The molecule has 1 aromatic carbocycles. The van der Waals surface area contributed by atoms with Crippen molar-refractivity contribution in [2.45, 2.75) is 25.7 Å². The lowest BCUT2D eigenvalue weighted by molar-refractivity contribution is -0.138. The van der Waals surface area contributed by atoms with Crippen molar-refractivity contribution in [3.05, 3.63) is 29.6 Å². The number of carbonyl (C=O) groups is 1. The Kier molecular flexibility index (Phi) is 3.67. The largest absolute Gasteiger partial charge is 0.481 e. The van der Waals surface area contributed by atoms with Gasteiger partial charge in [-0.2, -0.15) is 13.2 Å². The summed E-state index contributed by atoms with van der Waals surface area (Å²) in [5.74, 6) is -0.637. The number of aryl methyl sites for hydroxylation is 1. The van der Waals surface area contributed by atoms with Gasteiger partial charge in [0.2, 0.25) is 0 Å². The van der Waals surface area contributed by atoms with Gasteiger partial charge >= 0.3 is 12.1 Å². The van der Waals surface area contributed by atoms with Crippen LogP contribution in [0.5, 0.6) is 0 Å². The molecule has 3 N–H and O–H groups in total. The number of aromatic nitrogens is 2. The van der Waals surface area contributed by atoms with Crippen LogP contribution < -0.4 is 5.73 Å². The van der Waals surface area contributed by atoms with E-state index in [1.165, 1.54) is 10.6 Å². The highest BCUT2D eigenvalue weighted by Crippen LogP contribution is 2.31. The van der Waals surface area contributed by atoms with E-state index in [1.54, 1.807) is 0 Å². The lowest BCUT2D eigenvalue weighted by Crippen LogP contribution is -2.11. The summed E-state index contributed by atoms with van der Waals surface area (Å²) in [4.78, 5) is 14.6. The van der Waals surface area contributed by atoms with E-state index in [0.717, 1.165) is 12.1 Å². The van der Waals surface area contributed by atoms with E-state index in [9.17, 15) is 18.0 Å². The molecule has 0 unspecified atom stereocenters. The number of nitrogens with two attached hydrogens (primary N) is 1. The third-order valence-corrected chi connectivity index (χ3v) is 2.89. The molecule has 0 spiro atoms. The maximum absolute atomic E-state index is 12.6. The van der Waals surface area contributed by atoms with E-state index in [4.69, 9.17) is 10.8 Å². The molecule has 0 saturated heterocycles. The Hall–Kier alpha value is -2.09. The van der Waals surface area contributed by atoms with Crippen LogP contribution in [-0.2, 0) is 24.1 Å². The van der Waals surface area contributed by atoms with Gasteiger partial charge in [-0.05, 0) is 18.2 Å². The second-order valence-corrected chi connectivity index (χ2v) is 4.23. The summed E-state index contributed by atoms with van der Waals surface area (Å²) in [6.07, 6.45) is -4.60. The lowest BCUT2D eigenvalue weighted by atomic mass is 10.2. The van der Waals surface area contributed by atoms with E-state index < -0.39 is 17.7 Å². The molecule has 0 aliphatic rings.